The van der Waals surface area contributed by atoms with Crippen LogP contribution in [0.3, 0.4) is 0 Å². The monoisotopic (exact) mass is 174 g/mol. The minimum Gasteiger partial charge on any atom is -0.381 e. The van der Waals surface area contributed by atoms with Gasteiger partial charge in [-0.1, -0.05) is 12.2 Å². The smallest absolute Gasteiger partial charge is 0.0644 e. The van der Waals surface area contributed by atoms with Crippen molar-refractivity contribution < 1.29 is 6.16 Å². The van der Waals surface area contributed by atoms with Gasteiger partial charge in [0.05, 0.1) is 6.61 Å². The predicted octanol–water partition coefficient (Wildman–Crippen LogP) is 1.69. The molecule has 0 saturated carbocycles. The highest BCUT2D eigenvalue weighted by Gasteiger charge is 2.08. The van der Waals surface area contributed by atoms with Crippen LogP contribution in [0.1, 0.15) is 14.3 Å². The molecule has 0 aromatic heterocycles. The molecule has 3 heteroatoms. The van der Waals surface area contributed by atoms with Crippen LogP contribution in [0.4, 0.5) is 0 Å². The van der Waals surface area contributed by atoms with Gasteiger partial charge in [0.2, 0.25) is 0 Å². The van der Waals surface area contributed by atoms with E-state index in [1.807, 2.05) is 0 Å². The Morgan fingerprint density at radius 1 is 1.33 bits per heavy atom. The van der Waals surface area contributed by atoms with Crippen molar-refractivity contribution in [2.75, 3.05) is 33.4 Å². The largest absolute Gasteiger partial charge is 0.381 e. The highest BCUT2D eigenvalue weighted by Crippen LogP contribution is 2.05. The van der Waals surface area contributed by atoms with Crippen LogP contribution < -0.4 is 6.15 Å². The summed E-state index contributed by atoms with van der Waals surface area (Å²) in [7, 11) is 1.72. The first-order valence-corrected chi connectivity index (χ1v) is 4.30. The van der Waals surface area contributed by atoms with Crippen molar-refractivity contribution in [3.05, 3.63) is 12.2 Å². The van der Waals surface area contributed by atoms with E-state index in [0.717, 1.165) is 13.2 Å². The van der Waals surface area contributed by atoms with Crippen molar-refractivity contribution in [3.8, 4) is 0 Å². The van der Waals surface area contributed by atoms with Crippen LogP contribution in [0.25, 0.3) is 0 Å². The number of likely N-dealkylation sites (tertiary alicyclic amines) is 1. The van der Waals surface area contributed by atoms with E-state index < -0.39 is 0 Å². The molecular formula is C9H22N2O. The zero-order valence-corrected chi connectivity index (χ0v) is 7.96. The van der Waals surface area contributed by atoms with Gasteiger partial charge in [-0.25, -0.2) is 0 Å². The third-order valence-electron chi connectivity index (χ3n) is 1.99. The molecule has 0 bridgehead atoms. The summed E-state index contributed by atoms with van der Waals surface area (Å²) in [5, 5.41) is 0. The Labute approximate surface area is 76.5 Å². The number of nitrogens with zero attached hydrogens (tertiary/aromatic N) is 1. The normalized spacial score (nSPS) is 18.4. The Morgan fingerprint density at radius 2 is 2.00 bits per heavy atom. The van der Waals surface area contributed by atoms with E-state index in [1.165, 1.54) is 25.9 Å². The second-order valence-electron chi connectivity index (χ2n) is 2.93. The van der Waals surface area contributed by atoms with E-state index in [0.29, 0.717) is 0 Å². The van der Waals surface area contributed by atoms with Crippen LogP contribution in [-0.4, -0.2) is 38.3 Å². The molecule has 1 aliphatic heterocycles. The van der Waals surface area contributed by atoms with Gasteiger partial charge < -0.3 is 10.9 Å². The third-order valence-corrected chi connectivity index (χ3v) is 1.99. The topological polar surface area (TPSA) is 47.5 Å². The van der Waals surface area contributed by atoms with Gasteiger partial charge in [0.1, 0.15) is 0 Å². The second kappa shape index (κ2) is 7.28. The predicted molar refractivity (Wildman–Crippen MR) is 53.8 cm³/mol. The first-order chi connectivity index (χ1) is 5.43. The Bertz CT molecular complexity index is 125. The van der Waals surface area contributed by atoms with Gasteiger partial charge in [-0.2, -0.15) is 0 Å². The van der Waals surface area contributed by atoms with Gasteiger partial charge in [0.15, 0.2) is 0 Å². The molecule has 0 atom stereocenters. The average Bonchev–Trinajstić information content (AvgIpc) is 2.50. The molecule has 0 aliphatic carbocycles. The molecule has 0 spiro atoms. The van der Waals surface area contributed by atoms with Crippen LogP contribution in [0.2, 0.25) is 0 Å². The first-order valence-electron chi connectivity index (χ1n) is 4.30. The summed E-state index contributed by atoms with van der Waals surface area (Å²) in [5.41, 5.74) is 0. The maximum absolute atomic E-state index is 4.90. The highest BCUT2D eigenvalue weighted by molar-refractivity contribution is 4.85. The van der Waals surface area contributed by atoms with E-state index in [2.05, 4.69) is 17.1 Å². The molecule has 0 aromatic rings. The molecule has 0 radical (unpaired) electrons. The van der Waals surface area contributed by atoms with Crippen molar-refractivity contribution in [1.29, 1.82) is 0 Å². The SMILES string of the molecule is COC/C=C/CN1CCCC1.N.[HH]. The number of rotatable bonds is 4. The fourth-order valence-corrected chi connectivity index (χ4v) is 1.35. The standard InChI is InChI=1S/C9H17NO.H3N.H2/c1-11-9-5-4-8-10-6-2-3-7-10;;/h4-5H,2-3,6-9H2,1H3;1H3;1H/b5-4+;;. The summed E-state index contributed by atoms with van der Waals surface area (Å²) in [5.74, 6) is 0. The summed E-state index contributed by atoms with van der Waals surface area (Å²) < 4.78 is 4.90. The lowest BCUT2D eigenvalue weighted by Gasteiger charge is -2.10. The van der Waals surface area contributed by atoms with Crippen molar-refractivity contribution in [2.24, 2.45) is 0 Å². The molecule has 0 aromatic carbocycles. The summed E-state index contributed by atoms with van der Waals surface area (Å²) >= 11 is 0. The third kappa shape index (κ3) is 4.49. The zero-order chi connectivity index (χ0) is 7.94. The lowest BCUT2D eigenvalue weighted by molar-refractivity contribution is 0.233. The van der Waals surface area contributed by atoms with Gasteiger partial charge in [-0.15, -0.1) is 0 Å². The van der Waals surface area contributed by atoms with Crippen LogP contribution >= 0.6 is 0 Å². The van der Waals surface area contributed by atoms with Crippen LogP contribution in [0.15, 0.2) is 12.2 Å². The van der Waals surface area contributed by atoms with Crippen molar-refractivity contribution in [1.82, 2.24) is 11.1 Å². The lowest BCUT2D eigenvalue weighted by atomic mass is 10.4. The fourth-order valence-electron chi connectivity index (χ4n) is 1.35. The van der Waals surface area contributed by atoms with E-state index in [4.69, 9.17) is 4.74 Å². The highest BCUT2D eigenvalue weighted by atomic mass is 16.5. The van der Waals surface area contributed by atoms with Gasteiger partial charge in [-0.05, 0) is 25.9 Å². The molecule has 1 aliphatic rings. The number of hydrogen-bond donors (Lipinski definition) is 1. The first kappa shape index (κ1) is 11.6. The molecule has 0 amide bonds. The van der Waals surface area contributed by atoms with Crippen molar-refractivity contribution in [3.63, 3.8) is 0 Å². The summed E-state index contributed by atoms with van der Waals surface area (Å²) in [4.78, 5) is 2.46. The average molecular weight is 174 g/mol. The van der Waals surface area contributed by atoms with Gasteiger partial charge in [-0.3, -0.25) is 4.90 Å². The molecule has 3 N–H and O–H groups in total. The number of hydrogen-bond acceptors (Lipinski definition) is 3. The molecule has 12 heavy (non-hydrogen) atoms. The minimum absolute atomic E-state index is 0. The Hall–Kier alpha value is -0.380. The van der Waals surface area contributed by atoms with E-state index >= 15 is 0 Å². The molecule has 1 saturated heterocycles. The Morgan fingerprint density at radius 3 is 2.58 bits per heavy atom. The molecule has 1 fully saturated rings. The van der Waals surface area contributed by atoms with Gasteiger partial charge in [0.25, 0.3) is 0 Å². The number of ether oxygens (including phenoxy) is 1. The maximum atomic E-state index is 4.90. The fraction of sp³-hybridized carbons (Fsp3) is 0.778. The quantitative estimate of drug-likeness (QED) is 0.660. The minimum atomic E-state index is 0. The van der Waals surface area contributed by atoms with E-state index in [-0.39, 0.29) is 7.58 Å². The summed E-state index contributed by atoms with van der Waals surface area (Å²) in [6, 6.07) is 0. The van der Waals surface area contributed by atoms with Crippen LogP contribution in [0.5, 0.6) is 0 Å². The van der Waals surface area contributed by atoms with Crippen molar-refractivity contribution in [2.45, 2.75) is 12.8 Å². The molecule has 1 rings (SSSR count). The molecule has 0 unspecified atom stereocenters. The van der Waals surface area contributed by atoms with Gasteiger partial charge in [0, 0.05) is 15.1 Å². The van der Waals surface area contributed by atoms with Crippen LogP contribution in [-0.2, 0) is 4.74 Å². The molecule has 3 nitrogen and oxygen atoms in total. The molecule has 1 heterocycles. The second-order valence-corrected chi connectivity index (χ2v) is 2.93. The van der Waals surface area contributed by atoms with Crippen molar-refractivity contribution >= 4 is 0 Å². The maximum Gasteiger partial charge on any atom is 0.0644 e. The molecular weight excluding hydrogens is 152 g/mol. The summed E-state index contributed by atoms with van der Waals surface area (Å²) in [6.07, 6.45) is 7.02. The number of methoxy groups -OCH3 is 1. The Balaban J connectivity index is 0. The lowest BCUT2D eigenvalue weighted by Crippen LogP contribution is -2.18. The van der Waals surface area contributed by atoms with E-state index in [1.54, 1.807) is 7.11 Å². The van der Waals surface area contributed by atoms with Gasteiger partial charge >= 0.3 is 0 Å². The van der Waals surface area contributed by atoms with E-state index in [9.17, 15) is 0 Å². The molecule has 74 valence electrons. The zero-order valence-electron chi connectivity index (χ0n) is 7.96. The van der Waals surface area contributed by atoms with Crippen LogP contribution in [0, 0.1) is 0 Å². The Kier molecular flexibility index (Phi) is 7.05. The summed E-state index contributed by atoms with van der Waals surface area (Å²) in [6.45, 7) is 4.39.